The summed E-state index contributed by atoms with van der Waals surface area (Å²) in [5, 5.41) is 2.34. The molecule has 3 nitrogen and oxygen atoms in total. The van der Waals surface area contributed by atoms with Crippen LogP contribution >= 0.6 is 11.6 Å². The summed E-state index contributed by atoms with van der Waals surface area (Å²) in [5.74, 6) is -1.72. The van der Waals surface area contributed by atoms with Gasteiger partial charge >= 0.3 is 0 Å². The molecule has 0 saturated carbocycles. The van der Waals surface area contributed by atoms with Gasteiger partial charge in [0, 0.05) is 5.56 Å². The Morgan fingerprint density at radius 1 is 1.22 bits per heavy atom. The summed E-state index contributed by atoms with van der Waals surface area (Å²) < 4.78 is 25.5. The number of carbonyl (C=O) groups excluding carboxylic acids is 1. The lowest BCUT2D eigenvalue weighted by molar-refractivity contribution is 0.102. The van der Waals surface area contributed by atoms with Crippen LogP contribution in [0.3, 0.4) is 0 Å². The van der Waals surface area contributed by atoms with Crippen molar-refractivity contribution in [3.05, 3.63) is 58.9 Å². The van der Waals surface area contributed by atoms with Gasteiger partial charge in [-0.15, -0.1) is 0 Å². The van der Waals surface area contributed by atoms with Crippen LogP contribution in [0.1, 0.15) is 10.4 Å². The first kappa shape index (κ1) is 12.4. The van der Waals surface area contributed by atoms with Crippen LogP contribution in [0.2, 0.25) is 5.02 Å². The van der Waals surface area contributed by atoms with Gasteiger partial charge in [0.2, 0.25) is 5.95 Å². The zero-order valence-corrected chi connectivity index (χ0v) is 9.71. The van der Waals surface area contributed by atoms with Crippen molar-refractivity contribution < 1.29 is 13.6 Å². The maximum Gasteiger partial charge on any atom is 0.255 e. The Balaban J connectivity index is 2.16. The lowest BCUT2D eigenvalue weighted by Crippen LogP contribution is -2.12. The minimum absolute atomic E-state index is 0.139. The molecule has 0 unspecified atom stereocenters. The van der Waals surface area contributed by atoms with E-state index >= 15 is 0 Å². The number of nitrogens with one attached hydrogen (secondary N) is 1. The van der Waals surface area contributed by atoms with Gasteiger partial charge in [-0.25, -0.2) is 9.37 Å². The van der Waals surface area contributed by atoms with Crippen molar-refractivity contribution in [2.24, 2.45) is 0 Å². The van der Waals surface area contributed by atoms with Crippen molar-refractivity contribution in [3.8, 4) is 0 Å². The number of nitrogens with zero attached hydrogens (tertiary/aromatic N) is 1. The second-order valence-corrected chi connectivity index (χ2v) is 3.86. The van der Waals surface area contributed by atoms with E-state index in [9.17, 15) is 13.6 Å². The minimum atomic E-state index is -0.641. The van der Waals surface area contributed by atoms with Crippen LogP contribution in [-0.4, -0.2) is 10.9 Å². The molecule has 1 heterocycles. The normalized spacial score (nSPS) is 10.2. The number of aromatic nitrogens is 1. The van der Waals surface area contributed by atoms with Crippen LogP contribution in [0.5, 0.6) is 0 Å². The summed E-state index contributed by atoms with van der Waals surface area (Å²) in [7, 11) is 0. The number of hydrogen-bond acceptors (Lipinski definition) is 2. The molecule has 0 aliphatic rings. The molecule has 1 N–H and O–H groups in total. The quantitative estimate of drug-likeness (QED) is 0.850. The molecule has 1 amide bonds. The largest absolute Gasteiger partial charge is 0.321 e. The van der Waals surface area contributed by atoms with Crippen LogP contribution in [0.4, 0.5) is 14.5 Å². The van der Waals surface area contributed by atoms with E-state index in [1.54, 1.807) is 0 Å². The Kier molecular flexibility index (Phi) is 3.53. The van der Waals surface area contributed by atoms with E-state index in [-0.39, 0.29) is 10.6 Å². The highest BCUT2D eigenvalue weighted by atomic mass is 35.5. The Morgan fingerprint density at radius 2 is 2.00 bits per heavy atom. The van der Waals surface area contributed by atoms with E-state index in [0.29, 0.717) is 5.69 Å². The first-order chi connectivity index (χ1) is 8.56. The molecule has 0 saturated heterocycles. The highest BCUT2D eigenvalue weighted by Gasteiger charge is 2.09. The van der Waals surface area contributed by atoms with Gasteiger partial charge in [0.15, 0.2) is 0 Å². The Labute approximate surface area is 106 Å². The van der Waals surface area contributed by atoms with Crippen LogP contribution in [0.25, 0.3) is 0 Å². The summed E-state index contributed by atoms with van der Waals surface area (Å²) in [4.78, 5) is 15.1. The molecule has 0 bridgehead atoms. The fourth-order valence-corrected chi connectivity index (χ4v) is 1.47. The zero-order valence-electron chi connectivity index (χ0n) is 8.95. The van der Waals surface area contributed by atoms with Gasteiger partial charge in [-0.2, -0.15) is 4.39 Å². The highest BCUT2D eigenvalue weighted by Crippen LogP contribution is 2.17. The van der Waals surface area contributed by atoms with Gasteiger partial charge in [0.1, 0.15) is 5.82 Å². The topological polar surface area (TPSA) is 42.0 Å². The molecule has 0 atom stereocenters. The first-order valence-corrected chi connectivity index (χ1v) is 5.32. The molecule has 18 heavy (non-hydrogen) atoms. The van der Waals surface area contributed by atoms with Crippen LogP contribution in [0, 0.1) is 11.8 Å². The first-order valence-electron chi connectivity index (χ1n) is 4.94. The zero-order chi connectivity index (χ0) is 13.1. The second kappa shape index (κ2) is 5.10. The van der Waals surface area contributed by atoms with Crippen molar-refractivity contribution in [3.63, 3.8) is 0 Å². The average Bonchev–Trinajstić information content (AvgIpc) is 2.35. The molecule has 0 aliphatic heterocycles. The lowest BCUT2D eigenvalue weighted by atomic mass is 10.2. The molecule has 0 fully saturated rings. The second-order valence-electron chi connectivity index (χ2n) is 3.45. The molecule has 0 aliphatic carbocycles. The Hall–Kier alpha value is -2.01. The third-order valence-corrected chi connectivity index (χ3v) is 2.46. The predicted molar refractivity (Wildman–Crippen MR) is 63.6 cm³/mol. The van der Waals surface area contributed by atoms with E-state index in [1.807, 2.05) is 0 Å². The third kappa shape index (κ3) is 2.81. The third-order valence-electron chi connectivity index (χ3n) is 2.17. The summed E-state index contributed by atoms with van der Waals surface area (Å²) in [6.45, 7) is 0. The van der Waals surface area contributed by atoms with Gasteiger partial charge in [-0.3, -0.25) is 4.79 Å². The minimum Gasteiger partial charge on any atom is -0.321 e. The van der Waals surface area contributed by atoms with E-state index in [1.165, 1.54) is 24.4 Å². The molecular weight excluding hydrogens is 262 g/mol. The van der Waals surface area contributed by atoms with Gasteiger partial charge in [-0.05, 0) is 30.3 Å². The molecule has 6 heteroatoms. The fourth-order valence-electron chi connectivity index (χ4n) is 1.29. The molecule has 92 valence electrons. The van der Waals surface area contributed by atoms with E-state index in [2.05, 4.69) is 10.3 Å². The molecule has 2 rings (SSSR count). The van der Waals surface area contributed by atoms with E-state index in [0.717, 1.165) is 12.1 Å². The van der Waals surface area contributed by atoms with Crippen molar-refractivity contribution >= 4 is 23.2 Å². The summed E-state index contributed by atoms with van der Waals surface area (Å²) in [6.07, 6.45) is 1.18. The number of anilines is 1. The maximum atomic E-state index is 12.9. The average molecular weight is 269 g/mol. The number of amides is 1. The fraction of sp³-hybridized carbons (Fsp3) is 0. The van der Waals surface area contributed by atoms with Crippen molar-refractivity contribution in [1.29, 1.82) is 0 Å². The van der Waals surface area contributed by atoms with Crippen LogP contribution < -0.4 is 5.32 Å². The summed E-state index contributed by atoms with van der Waals surface area (Å²) >= 11 is 5.56. The Morgan fingerprint density at radius 3 is 2.61 bits per heavy atom. The molecule has 0 radical (unpaired) electrons. The van der Waals surface area contributed by atoms with E-state index < -0.39 is 17.7 Å². The maximum absolute atomic E-state index is 12.9. The molecule has 1 aromatic heterocycles. The van der Waals surface area contributed by atoms with Crippen molar-refractivity contribution in [2.75, 3.05) is 5.32 Å². The SMILES string of the molecule is O=C(Nc1ccc(F)nc1)c1ccc(F)c(Cl)c1. The summed E-state index contributed by atoms with van der Waals surface area (Å²) in [5.41, 5.74) is 0.535. The van der Waals surface area contributed by atoms with E-state index in [4.69, 9.17) is 11.6 Å². The number of benzene rings is 1. The molecular formula is C12H7ClF2N2O. The van der Waals surface area contributed by atoms with Gasteiger partial charge in [0.05, 0.1) is 16.9 Å². The molecule has 2 aromatic rings. The van der Waals surface area contributed by atoms with Crippen molar-refractivity contribution in [2.45, 2.75) is 0 Å². The standard InChI is InChI=1S/C12H7ClF2N2O/c13-9-5-7(1-3-10(9)14)12(18)17-8-2-4-11(15)16-6-8/h1-6H,(H,17,18). The van der Waals surface area contributed by atoms with Gasteiger partial charge in [-0.1, -0.05) is 11.6 Å². The highest BCUT2D eigenvalue weighted by molar-refractivity contribution is 6.31. The molecule has 1 aromatic carbocycles. The lowest BCUT2D eigenvalue weighted by Gasteiger charge is -2.05. The predicted octanol–water partition coefficient (Wildman–Crippen LogP) is 3.27. The number of rotatable bonds is 2. The van der Waals surface area contributed by atoms with Crippen LogP contribution in [-0.2, 0) is 0 Å². The van der Waals surface area contributed by atoms with Gasteiger partial charge in [0.25, 0.3) is 5.91 Å². The van der Waals surface area contributed by atoms with Crippen molar-refractivity contribution in [1.82, 2.24) is 4.98 Å². The van der Waals surface area contributed by atoms with Gasteiger partial charge < -0.3 is 5.32 Å². The number of carbonyl (C=O) groups is 1. The smallest absolute Gasteiger partial charge is 0.255 e. The molecule has 0 spiro atoms. The number of pyridine rings is 1. The number of hydrogen-bond donors (Lipinski definition) is 1. The monoisotopic (exact) mass is 268 g/mol. The number of halogens is 3. The Bertz CT molecular complexity index is 587. The van der Waals surface area contributed by atoms with Crippen LogP contribution in [0.15, 0.2) is 36.5 Å². The summed E-state index contributed by atoms with van der Waals surface area (Å²) in [6, 6.07) is 6.09.